The maximum absolute atomic E-state index is 4.94. The third-order valence-electron chi connectivity index (χ3n) is 4.02. The molecular formula is C17H23N3S. The lowest BCUT2D eigenvalue weighted by atomic mass is 10.1. The molecule has 1 N–H and O–H groups in total. The van der Waals surface area contributed by atoms with Gasteiger partial charge < -0.3 is 10.2 Å². The third-order valence-corrected chi connectivity index (χ3v) is 5.17. The van der Waals surface area contributed by atoms with Crippen molar-refractivity contribution in [1.82, 2.24) is 10.3 Å². The van der Waals surface area contributed by atoms with E-state index in [1.165, 1.54) is 40.2 Å². The van der Waals surface area contributed by atoms with E-state index in [2.05, 4.69) is 49.3 Å². The molecule has 0 atom stereocenters. The molecule has 4 heteroatoms. The van der Waals surface area contributed by atoms with Gasteiger partial charge in [0.05, 0.1) is 5.69 Å². The molecule has 0 saturated heterocycles. The smallest absolute Gasteiger partial charge is 0.190 e. The van der Waals surface area contributed by atoms with Crippen LogP contribution in [-0.2, 0) is 6.54 Å². The highest BCUT2D eigenvalue weighted by Crippen LogP contribution is 2.44. The molecule has 0 unspecified atom stereocenters. The van der Waals surface area contributed by atoms with Crippen LogP contribution in [0.3, 0.4) is 0 Å². The van der Waals surface area contributed by atoms with Gasteiger partial charge in [-0.15, -0.1) is 0 Å². The highest BCUT2D eigenvalue weighted by molar-refractivity contribution is 7.15. The van der Waals surface area contributed by atoms with Crippen molar-refractivity contribution in [2.24, 2.45) is 0 Å². The number of aromatic nitrogens is 1. The van der Waals surface area contributed by atoms with Crippen LogP contribution in [0.5, 0.6) is 0 Å². The van der Waals surface area contributed by atoms with Crippen LogP contribution in [0.4, 0.5) is 10.8 Å². The molecule has 21 heavy (non-hydrogen) atoms. The van der Waals surface area contributed by atoms with Crippen molar-refractivity contribution in [2.45, 2.75) is 39.2 Å². The Hall–Kier alpha value is -1.39. The highest BCUT2D eigenvalue weighted by atomic mass is 32.1. The molecule has 1 aliphatic carbocycles. The lowest BCUT2D eigenvalue weighted by Gasteiger charge is -2.18. The molecule has 0 spiro atoms. The summed E-state index contributed by atoms with van der Waals surface area (Å²) in [5.41, 5.74) is 5.17. The Bertz CT molecular complexity index is 643. The Labute approximate surface area is 131 Å². The molecule has 0 radical (unpaired) electrons. The van der Waals surface area contributed by atoms with Gasteiger partial charge in [0.1, 0.15) is 0 Å². The van der Waals surface area contributed by atoms with Gasteiger partial charge in [-0.25, -0.2) is 4.98 Å². The Morgan fingerprint density at radius 1 is 1.33 bits per heavy atom. The van der Waals surface area contributed by atoms with E-state index in [9.17, 15) is 0 Å². The molecule has 1 heterocycles. The number of hydrogen-bond acceptors (Lipinski definition) is 4. The van der Waals surface area contributed by atoms with Crippen LogP contribution in [-0.4, -0.2) is 19.1 Å². The molecule has 0 bridgehead atoms. The number of benzene rings is 1. The van der Waals surface area contributed by atoms with Crippen molar-refractivity contribution < 1.29 is 0 Å². The predicted octanol–water partition coefficient (Wildman–Crippen LogP) is 4.12. The summed E-state index contributed by atoms with van der Waals surface area (Å²) in [5.74, 6) is 0.700. The van der Waals surface area contributed by atoms with E-state index in [0.29, 0.717) is 5.92 Å². The quantitative estimate of drug-likeness (QED) is 0.900. The molecule has 1 aliphatic rings. The van der Waals surface area contributed by atoms with E-state index in [1.54, 1.807) is 0 Å². The van der Waals surface area contributed by atoms with Crippen molar-refractivity contribution in [3.63, 3.8) is 0 Å². The first-order chi connectivity index (χ1) is 10.1. The fraction of sp³-hybridized carbons (Fsp3) is 0.471. The second kappa shape index (κ2) is 5.78. The van der Waals surface area contributed by atoms with E-state index in [0.717, 1.165) is 11.7 Å². The normalized spacial score (nSPS) is 14.5. The molecule has 2 aromatic rings. The largest absolute Gasteiger partial charge is 0.321 e. The van der Waals surface area contributed by atoms with Gasteiger partial charge in [-0.1, -0.05) is 29.0 Å². The summed E-state index contributed by atoms with van der Waals surface area (Å²) < 4.78 is 0. The fourth-order valence-corrected chi connectivity index (χ4v) is 3.87. The first-order valence-corrected chi connectivity index (χ1v) is 8.37. The summed E-state index contributed by atoms with van der Waals surface area (Å²) in [5, 5.41) is 4.38. The Morgan fingerprint density at radius 2 is 2.10 bits per heavy atom. The second-order valence-corrected chi connectivity index (χ2v) is 7.02. The van der Waals surface area contributed by atoms with Crippen LogP contribution in [0.1, 0.15) is 40.5 Å². The first kappa shape index (κ1) is 14.5. The lowest BCUT2D eigenvalue weighted by molar-refractivity contribution is 0.812. The van der Waals surface area contributed by atoms with E-state index >= 15 is 0 Å². The van der Waals surface area contributed by atoms with Crippen LogP contribution < -0.4 is 10.2 Å². The van der Waals surface area contributed by atoms with Gasteiger partial charge in [-0.2, -0.15) is 0 Å². The fourth-order valence-electron chi connectivity index (χ4n) is 2.74. The number of aryl methyl sites for hydroxylation is 2. The Balaban J connectivity index is 1.93. The molecule has 1 fully saturated rings. The summed E-state index contributed by atoms with van der Waals surface area (Å²) in [6, 6.07) is 6.60. The van der Waals surface area contributed by atoms with Gasteiger partial charge in [0.25, 0.3) is 0 Å². The second-order valence-electron chi connectivity index (χ2n) is 5.96. The predicted molar refractivity (Wildman–Crippen MR) is 90.8 cm³/mol. The van der Waals surface area contributed by atoms with Gasteiger partial charge in [-0.3, -0.25) is 0 Å². The summed E-state index contributed by atoms with van der Waals surface area (Å²) in [6.07, 6.45) is 2.60. The molecule has 1 aromatic heterocycles. The van der Waals surface area contributed by atoms with Crippen molar-refractivity contribution in [1.29, 1.82) is 0 Å². The molecular weight excluding hydrogens is 278 g/mol. The van der Waals surface area contributed by atoms with Crippen LogP contribution in [0.2, 0.25) is 0 Å². The van der Waals surface area contributed by atoms with Crippen molar-refractivity contribution in [3.05, 3.63) is 39.9 Å². The van der Waals surface area contributed by atoms with E-state index in [1.807, 2.05) is 18.4 Å². The van der Waals surface area contributed by atoms with Crippen molar-refractivity contribution in [3.8, 4) is 0 Å². The minimum absolute atomic E-state index is 0.700. The summed E-state index contributed by atoms with van der Waals surface area (Å²) in [4.78, 5) is 8.56. The number of rotatable bonds is 5. The van der Waals surface area contributed by atoms with Crippen LogP contribution in [0.25, 0.3) is 0 Å². The van der Waals surface area contributed by atoms with Gasteiger partial charge in [-0.05, 0) is 45.4 Å². The summed E-state index contributed by atoms with van der Waals surface area (Å²) in [7, 11) is 4.13. The standard InChI is InChI=1S/C17H23N3S/c1-11-5-8-14(12(2)9-11)20(4)17-19-16(13-6-7-13)15(21-17)10-18-3/h5,8-9,13,18H,6-7,10H2,1-4H3. The average Bonchev–Trinajstić information content (AvgIpc) is 3.20. The van der Waals surface area contributed by atoms with Gasteiger partial charge in [0, 0.05) is 30.1 Å². The van der Waals surface area contributed by atoms with Crippen LogP contribution in [0.15, 0.2) is 18.2 Å². The molecule has 1 aromatic carbocycles. The number of hydrogen-bond donors (Lipinski definition) is 1. The number of anilines is 2. The molecule has 0 amide bonds. The zero-order chi connectivity index (χ0) is 15.0. The SMILES string of the molecule is CNCc1sc(N(C)c2ccc(C)cc2C)nc1C1CC1. The topological polar surface area (TPSA) is 28.2 Å². The number of thiazole rings is 1. The Kier molecular flexibility index (Phi) is 4.00. The maximum atomic E-state index is 4.94. The number of nitrogens with one attached hydrogen (secondary N) is 1. The molecule has 1 saturated carbocycles. The summed E-state index contributed by atoms with van der Waals surface area (Å²) >= 11 is 1.82. The highest BCUT2D eigenvalue weighted by Gasteiger charge is 2.30. The number of nitrogens with zero attached hydrogens (tertiary/aromatic N) is 2. The maximum Gasteiger partial charge on any atom is 0.190 e. The molecule has 3 nitrogen and oxygen atoms in total. The summed E-state index contributed by atoms with van der Waals surface area (Å²) in [6.45, 7) is 5.23. The first-order valence-electron chi connectivity index (χ1n) is 7.55. The molecule has 112 valence electrons. The molecule has 0 aliphatic heterocycles. The zero-order valence-electron chi connectivity index (χ0n) is 13.2. The molecule has 3 rings (SSSR count). The van der Waals surface area contributed by atoms with Crippen LogP contribution >= 0.6 is 11.3 Å². The lowest BCUT2D eigenvalue weighted by Crippen LogP contribution is -2.10. The van der Waals surface area contributed by atoms with Crippen molar-refractivity contribution >= 4 is 22.2 Å². The van der Waals surface area contributed by atoms with Gasteiger partial charge in [0.15, 0.2) is 5.13 Å². The van der Waals surface area contributed by atoms with E-state index < -0.39 is 0 Å². The third kappa shape index (κ3) is 2.97. The van der Waals surface area contributed by atoms with Crippen molar-refractivity contribution in [2.75, 3.05) is 19.0 Å². The minimum Gasteiger partial charge on any atom is -0.321 e. The zero-order valence-corrected chi connectivity index (χ0v) is 14.0. The van der Waals surface area contributed by atoms with Gasteiger partial charge in [0.2, 0.25) is 0 Å². The van der Waals surface area contributed by atoms with E-state index in [4.69, 9.17) is 4.98 Å². The van der Waals surface area contributed by atoms with Crippen LogP contribution in [0, 0.1) is 13.8 Å². The minimum atomic E-state index is 0.700. The van der Waals surface area contributed by atoms with Gasteiger partial charge >= 0.3 is 0 Å². The van der Waals surface area contributed by atoms with E-state index in [-0.39, 0.29) is 0 Å². The monoisotopic (exact) mass is 301 g/mol. The average molecular weight is 301 g/mol. The Morgan fingerprint density at radius 3 is 2.71 bits per heavy atom.